The molecule has 0 aliphatic carbocycles. The molecule has 0 spiro atoms. The van der Waals surface area contributed by atoms with Gasteiger partial charge in [-0.05, 0) is 20.8 Å². The van der Waals surface area contributed by atoms with Crippen LogP contribution in [0.4, 0.5) is 0 Å². The molecule has 2 nitrogen and oxygen atoms in total. The summed E-state index contributed by atoms with van der Waals surface area (Å²) in [5.74, 6) is 0.420. The van der Waals surface area contributed by atoms with Gasteiger partial charge in [-0.1, -0.05) is 0 Å². The third kappa shape index (κ3) is 7.19. The normalized spacial score (nSPS) is 10.2. The molecule has 0 fully saturated rings. The molecule has 0 heterocycles. The Balaban J connectivity index is 0. The van der Waals surface area contributed by atoms with Crippen molar-refractivity contribution in [2.45, 2.75) is 20.8 Å². The van der Waals surface area contributed by atoms with Gasteiger partial charge in [0.15, 0.2) is 0 Å². The zero-order valence-corrected chi connectivity index (χ0v) is 7.57. The Hall–Kier alpha value is 0.820. The van der Waals surface area contributed by atoms with E-state index in [4.69, 9.17) is 4.74 Å². The van der Waals surface area contributed by atoms with Crippen LogP contribution in [0.2, 0.25) is 0 Å². The van der Waals surface area contributed by atoms with Crippen molar-refractivity contribution in [2.75, 3.05) is 12.4 Å². The Morgan fingerprint density at radius 2 is 1.91 bits per heavy atom. The van der Waals surface area contributed by atoms with Crippen LogP contribution >= 0.6 is 12.6 Å². The van der Waals surface area contributed by atoms with Gasteiger partial charge in [0.1, 0.15) is 6.61 Å². The SMILES string of the molecule is CC(C)(C)C(=O)OCCS.[NaH]. The topological polar surface area (TPSA) is 26.3 Å². The maximum atomic E-state index is 11.0. The number of ether oxygens (including phenoxy) is 1. The summed E-state index contributed by atoms with van der Waals surface area (Å²) in [6, 6.07) is 0. The molecule has 4 heteroatoms. The molecule has 0 saturated heterocycles. The molecule has 0 radical (unpaired) electrons. The van der Waals surface area contributed by atoms with E-state index in [2.05, 4.69) is 12.6 Å². The van der Waals surface area contributed by atoms with E-state index >= 15 is 0 Å². The molecule has 0 aromatic carbocycles. The summed E-state index contributed by atoms with van der Waals surface area (Å²) < 4.78 is 4.84. The average molecular weight is 186 g/mol. The molecule has 0 amide bonds. The number of esters is 1. The summed E-state index contributed by atoms with van der Waals surface area (Å²) in [4.78, 5) is 11.0. The molecule has 0 aromatic heterocycles. The van der Waals surface area contributed by atoms with Gasteiger partial charge in [0, 0.05) is 5.75 Å². The van der Waals surface area contributed by atoms with E-state index < -0.39 is 0 Å². The standard InChI is InChI=1S/C7H14O2S.Na.H/c1-7(2,3)6(8)9-4-5-10;;/h10H,4-5H2,1-3H3;;. The molecular formula is C7H15NaO2S. The minimum atomic E-state index is -0.386. The Bertz CT molecular complexity index is 120. The van der Waals surface area contributed by atoms with Crippen LogP contribution in [0.15, 0.2) is 0 Å². The van der Waals surface area contributed by atoms with E-state index in [-0.39, 0.29) is 40.9 Å². The van der Waals surface area contributed by atoms with Gasteiger partial charge in [0.2, 0.25) is 0 Å². The predicted molar refractivity (Wildman–Crippen MR) is 51.4 cm³/mol. The van der Waals surface area contributed by atoms with Crippen LogP contribution in [0.1, 0.15) is 20.8 Å². The number of hydrogen-bond donors (Lipinski definition) is 1. The van der Waals surface area contributed by atoms with Crippen molar-refractivity contribution in [2.24, 2.45) is 5.41 Å². The quantitative estimate of drug-likeness (QED) is 0.393. The van der Waals surface area contributed by atoms with Gasteiger partial charge in [0.05, 0.1) is 5.41 Å². The summed E-state index contributed by atoms with van der Waals surface area (Å²) in [5.41, 5.74) is -0.386. The zero-order chi connectivity index (χ0) is 8.20. The van der Waals surface area contributed by atoms with Gasteiger partial charge in [-0.25, -0.2) is 0 Å². The van der Waals surface area contributed by atoms with Gasteiger partial charge < -0.3 is 4.74 Å². The van der Waals surface area contributed by atoms with E-state index in [0.717, 1.165) is 0 Å². The minimum absolute atomic E-state index is 0. The van der Waals surface area contributed by atoms with Gasteiger partial charge in [0.25, 0.3) is 0 Å². The van der Waals surface area contributed by atoms with Crippen LogP contribution in [0.3, 0.4) is 0 Å². The van der Waals surface area contributed by atoms with Crippen molar-refractivity contribution in [1.29, 1.82) is 0 Å². The fourth-order valence-corrected chi connectivity index (χ4v) is 0.446. The molecule has 0 saturated carbocycles. The van der Waals surface area contributed by atoms with E-state index in [0.29, 0.717) is 12.4 Å². The second-order valence-electron chi connectivity index (χ2n) is 3.11. The van der Waals surface area contributed by atoms with Crippen molar-refractivity contribution in [3.63, 3.8) is 0 Å². The van der Waals surface area contributed by atoms with Crippen LogP contribution in [0.25, 0.3) is 0 Å². The maximum absolute atomic E-state index is 11.0. The Labute approximate surface area is 95.8 Å². The third-order valence-electron chi connectivity index (χ3n) is 0.937. The second-order valence-corrected chi connectivity index (χ2v) is 3.56. The average Bonchev–Trinajstić information content (AvgIpc) is 1.80. The molecule has 0 aliphatic rings. The van der Waals surface area contributed by atoms with E-state index in [1.54, 1.807) is 0 Å². The van der Waals surface area contributed by atoms with Crippen molar-refractivity contribution < 1.29 is 9.53 Å². The Kier molecular flexibility index (Phi) is 8.28. The van der Waals surface area contributed by atoms with Crippen LogP contribution in [-0.2, 0) is 9.53 Å². The fourth-order valence-electron chi connectivity index (χ4n) is 0.355. The molecule has 0 N–H and O–H groups in total. The number of carbonyl (C=O) groups is 1. The predicted octanol–water partition coefficient (Wildman–Crippen LogP) is 0.857. The van der Waals surface area contributed by atoms with Crippen molar-refractivity contribution in [3.8, 4) is 0 Å². The van der Waals surface area contributed by atoms with E-state index in [9.17, 15) is 4.79 Å². The summed E-state index contributed by atoms with van der Waals surface area (Å²) >= 11 is 3.91. The van der Waals surface area contributed by atoms with E-state index in [1.807, 2.05) is 20.8 Å². The first-order chi connectivity index (χ1) is 4.48. The van der Waals surface area contributed by atoms with Crippen molar-refractivity contribution >= 4 is 48.2 Å². The number of hydrogen-bond acceptors (Lipinski definition) is 3. The summed E-state index contributed by atoms with van der Waals surface area (Å²) in [5, 5.41) is 0. The third-order valence-corrected chi connectivity index (χ3v) is 1.12. The van der Waals surface area contributed by atoms with E-state index in [1.165, 1.54) is 0 Å². The Morgan fingerprint density at radius 1 is 1.45 bits per heavy atom. The molecule has 0 rings (SSSR count). The molecular weight excluding hydrogens is 171 g/mol. The molecule has 0 aromatic rings. The van der Waals surface area contributed by atoms with Crippen LogP contribution in [0.5, 0.6) is 0 Å². The van der Waals surface area contributed by atoms with Gasteiger partial charge in [-0.3, -0.25) is 4.79 Å². The monoisotopic (exact) mass is 186 g/mol. The van der Waals surface area contributed by atoms with Gasteiger partial charge >= 0.3 is 35.5 Å². The molecule has 0 unspecified atom stereocenters. The summed E-state index contributed by atoms with van der Waals surface area (Å²) in [6.07, 6.45) is 0. The van der Waals surface area contributed by atoms with Crippen LogP contribution in [-0.4, -0.2) is 47.9 Å². The number of carbonyl (C=O) groups excluding carboxylic acids is 1. The Morgan fingerprint density at radius 3 is 2.18 bits per heavy atom. The second kappa shape index (κ2) is 6.35. The molecule has 62 valence electrons. The first kappa shape index (κ1) is 14.3. The molecule has 0 aliphatic heterocycles. The van der Waals surface area contributed by atoms with Gasteiger partial charge in [-0.2, -0.15) is 12.6 Å². The fraction of sp³-hybridized carbons (Fsp3) is 0.857. The first-order valence-corrected chi connectivity index (χ1v) is 3.90. The van der Waals surface area contributed by atoms with Crippen molar-refractivity contribution in [3.05, 3.63) is 0 Å². The molecule has 11 heavy (non-hydrogen) atoms. The molecule has 0 bridgehead atoms. The van der Waals surface area contributed by atoms with Gasteiger partial charge in [-0.15, -0.1) is 0 Å². The van der Waals surface area contributed by atoms with Crippen LogP contribution in [0, 0.1) is 5.41 Å². The summed E-state index contributed by atoms with van der Waals surface area (Å²) in [7, 11) is 0. The number of rotatable bonds is 2. The molecule has 0 atom stereocenters. The zero-order valence-electron chi connectivity index (χ0n) is 6.68. The number of thiol groups is 1. The van der Waals surface area contributed by atoms with Crippen molar-refractivity contribution in [1.82, 2.24) is 0 Å². The first-order valence-electron chi connectivity index (χ1n) is 3.26. The summed E-state index contributed by atoms with van der Waals surface area (Å²) in [6.45, 7) is 5.88. The van der Waals surface area contributed by atoms with Crippen LogP contribution < -0.4 is 0 Å².